The molecule has 0 N–H and O–H groups in total. The highest BCUT2D eigenvalue weighted by atomic mass is 32.2. The SMILES string of the molecule is Cc1nc2ccccc2n1CCSC(F)(F)F. The van der Waals surface area contributed by atoms with Crippen LogP contribution in [0.1, 0.15) is 5.82 Å². The summed E-state index contributed by atoms with van der Waals surface area (Å²) in [5.74, 6) is 0.749. The van der Waals surface area contributed by atoms with Crippen molar-refractivity contribution < 1.29 is 13.2 Å². The Morgan fingerprint density at radius 2 is 2.00 bits per heavy atom. The number of imidazole rings is 1. The number of para-hydroxylation sites is 2. The topological polar surface area (TPSA) is 17.8 Å². The van der Waals surface area contributed by atoms with Crippen LogP contribution in [0.15, 0.2) is 24.3 Å². The Hall–Kier alpha value is -1.17. The van der Waals surface area contributed by atoms with Crippen molar-refractivity contribution in [2.45, 2.75) is 19.0 Å². The van der Waals surface area contributed by atoms with E-state index in [1.807, 2.05) is 28.8 Å². The minimum Gasteiger partial charge on any atom is -0.327 e. The highest BCUT2D eigenvalue weighted by Crippen LogP contribution is 2.30. The molecule has 0 aliphatic carbocycles. The predicted octanol–water partition coefficient (Wildman–Crippen LogP) is 3.60. The van der Waals surface area contributed by atoms with Crippen molar-refractivity contribution in [3.8, 4) is 0 Å². The van der Waals surface area contributed by atoms with Gasteiger partial charge in [0.25, 0.3) is 0 Å². The van der Waals surface area contributed by atoms with Crippen molar-refractivity contribution in [2.24, 2.45) is 0 Å². The number of thioether (sulfide) groups is 1. The molecular formula is C11H11F3N2S. The first kappa shape index (κ1) is 12.3. The van der Waals surface area contributed by atoms with Crippen LogP contribution in [0, 0.1) is 6.92 Å². The summed E-state index contributed by atoms with van der Waals surface area (Å²) in [6, 6.07) is 7.45. The van der Waals surface area contributed by atoms with E-state index in [4.69, 9.17) is 0 Å². The molecule has 1 aromatic heterocycles. The van der Waals surface area contributed by atoms with Gasteiger partial charge in [-0.25, -0.2) is 4.98 Å². The van der Waals surface area contributed by atoms with Crippen molar-refractivity contribution in [3.05, 3.63) is 30.1 Å². The molecule has 0 unspecified atom stereocenters. The van der Waals surface area contributed by atoms with E-state index >= 15 is 0 Å². The molecule has 0 radical (unpaired) electrons. The fourth-order valence-electron chi connectivity index (χ4n) is 1.73. The fraction of sp³-hybridized carbons (Fsp3) is 0.364. The van der Waals surface area contributed by atoms with Gasteiger partial charge in [-0.15, -0.1) is 0 Å². The van der Waals surface area contributed by atoms with E-state index in [2.05, 4.69) is 4.98 Å². The number of fused-ring (bicyclic) bond motifs is 1. The highest BCUT2D eigenvalue weighted by Gasteiger charge is 2.27. The van der Waals surface area contributed by atoms with Crippen LogP contribution < -0.4 is 0 Å². The summed E-state index contributed by atoms with van der Waals surface area (Å²) in [6.45, 7) is 2.12. The summed E-state index contributed by atoms with van der Waals surface area (Å²) in [6.07, 6.45) is 0. The maximum Gasteiger partial charge on any atom is 0.441 e. The molecule has 0 aliphatic heterocycles. The van der Waals surface area contributed by atoms with Gasteiger partial charge in [0.15, 0.2) is 0 Å². The van der Waals surface area contributed by atoms with Gasteiger partial charge >= 0.3 is 5.51 Å². The second kappa shape index (κ2) is 4.60. The van der Waals surface area contributed by atoms with Crippen LogP contribution in [0.3, 0.4) is 0 Å². The maximum atomic E-state index is 12.0. The van der Waals surface area contributed by atoms with Crippen LogP contribution in [-0.4, -0.2) is 20.8 Å². The number of halogens is 3. The number of hydrogen-bond acceptors (Lipinski definition) is 2. The van der Waals surface area contributed by atoms with Crippen LogP contribution >= 0.6 is 11.8 Å². The third-order valence-corrected chi connectivity index (χ3v) is 3.14. The lowest BCUT2D eigenvalue weighted by atomic mass is 10.3. The van der Waals surface area contributed by atoms with Gasteiger partial charge < -0.3 is 4.57 Å². The Balaban J connectivity index is 2.15. The minimum atomic E-state index is -4.16. The van der Waals surface area contributed by atoms with Crippen LogP contribution in [0.25, 0.3) is 11.0 Å². The summed E-state index contributed by atoms with van der Waals surface area (Å²) < 4.78 is 37.9. The van der Waals surface area contributed by atoms with E-state index < -0.39 is 5.51 Å². The first-order chi connectivity index (χ1) is 7.97. The summed E-state index contributed by atoms with van der Waals surface area (Å²) in [4.78, 5) is 4.30. The van der Waals surface area contributed by atoms with Gasteiger partial charge in [-0.05, 0) is 30.8 Å². The van der Waals surface area contributed by atoms with E-state index in [1.165, 1.54) is 0 Å². The first-order valence-electron chi connectivity index (χ1n) is 5.10. The number of alkyl halides is 3. The van der Waals surface area contributed by atoms with Gasteiger partial charge in [-0.1, -0.05) is 12.1 Å². The first-order valence-corrected chi connectivity index (χ1v) is 6.08. The molecule has 0 spiro atoms. The molecule has 2 aromatic rings. The van der Waals surface area contributed by atoms with Gasteiger partial charge in [0, 0.05) is 12.3 Å². The second-order valence-corrected chi connectivity index (χ2v) is 4.75. The molecule has 0 saturated heterocycles. The Kier molecular flexibility index (Phi) is 3.33. The fourth-order valence-corrected chi connectivity index (χ4v) is 2.24. The van der Waals surface area contributed by atoms with Crippen LogP contribution in [0.5, 0.6) is 0 Å². The molecule has 0 amide bonds. The zero-order chi connectivity index (χ0) is 12.5. The van der Waals surface area contributed by atoms with E-state index in [1.54, 1.807) is 6.92 Å². The Labute approximate surface area is 101 Å². The lowest BCUT2D eigenvalue weighted by molar-refractivity contribution is -0.0328. The maximum absolute atomic E-state index is 12.0. The number of benzene rings is 1. The zero-order valence-electron chi connectivity index (χ0n) is 9.16. The van der Waals surface area contributed by atoms with Gasteiger partial charge in [0.05, 0.1) is 11.0 Å². The summed E-state index contributed by atoms with van der Waals surface area (Å²) in [5.41, 5.74) is -2.46. The van der Waals surface area contributed by atoms with Gasteiger partial charge in [0.2, 0.25) is 0 Å². The van der Waals surface area contributed by atoms with Gasteiger partial charge in [-0.3, -0.25) is 0 Å². The standard InChI is InChI=1S/C11H11F3N2S/c1-8-15-9-4-2-3-5-10(9)16(8)6-7-17-11(12,13)14/h2-5H,6-7H2,1H3. The Morgan fingerprint density at radius 1 is 1.29 bits per heavy atom. The number of hydrogen-bond donors (Lipinski definition) is 0. The molecule has 2 rings (SSSR count). The molecular weight excluding hydrogens is 249 g/mol. The van der Waals surface area contributed by atoms with E-state index in [9.17, 15) is 13.2 Å². The number of nitrogens with zero attached hydrogens (tertiary/aromatic N) is 2. The zero-order valence-corrected chi connectivity index (χ0v) is 9.98. The molecule has 0 saturated carbocycles. The second-order valence-electron chi connectivity index (χ2n) is 3.59. The Morgan fingerprint density at radius 3 is 2.71 bits per heavy atom. The van der Waals surface area contributed by atoms with Gasteiger partial charge in [0.1, 0.15) is 5.82 Å². The molecule has 0 fully saturated rings. The number of rotatable bonds is 3. The van der Waals surface area contributed by atoms with E-state index in [0.717, 1.165) is 16.9 Å². The van der Waals surface area contributed by atoms with Crippen molar-refractivity contribution in [3.63, 3.8) is 0 Å². The third kappa shape index (κ3) is 2.94. The molecule has 6 heteroatoms. The minimum absolute atomic E-state index is 0.000454. The molecule has 1 aromatic carbocycles. The molecule has 1 heterocycles. The lowest BCUT2D eigenvalue weighted by Crippen LogP contribution is -2.08. The van der Waals surface area contributed by atoms with Crippen molar-refractivity contribution in [1.29, 1.82) is 0 Å². The monoisotopic (exact) mass is 260 g/mol. The van der Waals surface area contributed by atoms with Crippen molar-refractivity contribution in [2.75, 3.05) is 5.75 Å². The van der Waals surface area contributed by atoms with Crippen molar-refractivity contribution >= 4 is 22.8 Å². The summed E-state index contributed by atoms with van der Waals surface area (Å²) in [7, 11) is 0. The molecule has 92 valence electrons. The van der Waals surface area contributed by atoms with Crippen LogP contribution in [0.4, 0.5) is 13.2 Å². The predicted molar refractivity (Wildman–Crippen MR) is 63.0 cm³/mol. The van der Waals surface area contributed by atoms with Gasteiger partial charge in [-0.2, -0.15) is 13.2 Å². The smallest absolute Gasteiger partial charge is 0.327 e. The average Bonchev–Trinajstić information content (AvgIpc) is 2.54. The van der Waals surface area contributed by atoms with E-state index in [0.29, 0.717) is 6.54 Å². The Bertz CT molecular complexity index is 519. The van der Waals surface area contributed by atoms with Crippen LogP contribution in [-0.2, 0) is 6.54 Å². The highest BCUT2D eigenvalue weighted by molar-refractivity contribution is 8.00. The summed E-state index contributed by atoms with van der Waals surface area (Å²) in [5, 5.41) is 0. The molecule has 2 nitrogen and oxygen atoms in total. The molecule has 17 heavy (non-hydrogen) atoms. The average molecular weight is 260 g/mol. The molecule has 0 aliphatic rings. The summed E-state index contributed by atoms with van der Waals surface area (Å²) >= 11 is 0.000454. The van der Waals surface area contributed by atoms with Crippen molar-refractivity contribution in [1.82, 2.24) is 9.55 Å². The normalized spacial score (nSPS) is 12.2. The lowest BCUT2D eigenvalue weighted by Gasteiger charge is -2.08. The quantitative estimate of drug-likeness (QED) is 0.839. The number of aryl methyl sites for hydroxylation is 2. The molecule has 0 atom stereocenters. The largest absolute Gasteiger partial charge is 0.441 e. The number of aromatic nitrogens is 2. The van der Waals surface area contributed by atoms with Crippen LogP contribution in [0.2, 0.25) is 0 Å². The molecule has 0 bridgehead atoms. The third-order valence-electron chi connectivity index (χ3n) is 2.43. The van der Waals surface area contributed by atoms with E-state index in [-0.39, 0.29) is 17.5 Å².